The molecule has 0 spiro atoms. The van der Waals surface area contributed by atoms with Gasteiger partial charge in [0, 0.05) is 5.92 Å². The third kappa shape index (κ3) is 3.61. The highest BCUT2D eigenvalue weighted by Crippen LogP contribution is 2.34. The lowest BCUT2D eigenvalue weighted by atomic mass is 9.93. The van der Waals surface area contributed by atoms with Gasteiger partial charge in [-0.1, -0.05) is 66.7 Å². The third-order valence-electron chi connectivity index (χ3n) is 3.89. The second-order valence-electron chi connectivity index (χ2n) is 5.61. The fraction of sp³-hybridized carbons (Fsp3) is 0.0556. The minimum atomic E-state index is -4.17. The molecule has 2 aromatic rings. The average Bonchev–Trinajstić information content (AvgIpc) is 3.20. The van der Waals surface area contributed by atoms with Crippen LogP contribution in [-0.2, 0) is 19.6 Å². The number of sulfonamides is 1. The van der Waals surface area contributed by atoms with Crippen LogP contribution < -0.4 is 10.6 Å². The van der Waals surface area contributed by atoms with Crippen molar-refractivity contribution in [1.82, 2.24) is 5.43 Å². The summed E-state index contributed by atoms with van der Waals surface area (Å²) in [4.78, 5) is 20.9. The maximum Gasteiger partial charge on any atom is 0.315 e. The van der Waals surface area contributed by atoms with E-state index in [0.29, 0.717) is 5.92 Å². The molecule has 132 valence electrons. The molecule has 2 aliphatic rings. The highest BCUT2D eigenvalue weighted by Gasteiger charge is 2.34. The number of benzene rings is 2. The van der Waals surface area contributed by atoms with Gasteiger partial charge >= 0.3 is 5.91 Å². The summed E-state index contributed by atoms with van der Waals surface area (Å²) in [5, 5.41) is 6.50. The van der Waals surface area contributed by atoms with Gasteiger partial charge in [0.1, 0.15) is 0 Å². The van der Waals surface area contributed by atoms with Gasteiger partial charge in [0.25, 0.3) is 15.8 Å². The Labute approximate surface area is 150 Å². The molecule has 8 heteroatoms. The van der Waals surface area contributed by atoms with Crippen LogP contribution in [0.3, 0.4) is 0 Å². The van der Waals surface area contributed by atoms with E-state index in [-0.39, 0.29) is 0 Å². The molecular weight excluding hydrogens is 354 g/mol. The van der Waals surface area contributed by atoms with Gasteiger partial charge in [0.2, 0.25) is 5.04 Å². The Morgan fingerprint density at radius 1 is 0.962 bits per heavy atom. The number of Topliss-reactive ketones (excluding diaryl/α,β-unsaturated/α-hetero) is 1. The van der Waals surface area contributed by atoms with Crippen LogP contribution in [0.1, 0.15) is 22.6 Å². The maximum atomic E-state index is 10.5. The molecular formula is C18H15N3O4S. The number of rotatable bonds is 1. The number of hydrazone groups is 1. The van der Waals surface area contributed by atoms with Crippen LogP contribution in [0.25, 0.3) is 6.08 Å². The number of carbonyl (C=O) groups excluding carboxylic acids is 2. The number of nitrogens with one attached hydrogen (secondary N) is 1. The minimum Gasteiger partial charge on any atom is -0.280 e. The third-order valence-corrected chi connectivity index (χ3v) is 4.70. The summed E-state index contributed by atoms with van der Waals surface area (Å²) in [7, 11) is -4.17. The van der Waals surface area contributed by atoms with Gasteiger partial charge in [-0.05, 0) is 16.7 Å². The predicted octanol–water partition coefficient (Wildman–Crippen LogP) is 1.13. The summed E-state index contributed by atoms with van der Waals surface area (Å²) in [6, 6.07) is 19.2. The van der Waals surface area contributed by atoms with Crippen LogP contribution in [0.5, 0.6) is 0 Å². The van der Waals surface area contributed by atoms with Crippen molar-refractivity contribution in [3.8, 4) is 0 Å². The number of hydrogen-bond donors (Lipinski definition) is 2. The average molecular weight is 369 g/mol. The molecule has 1 aliphatic heterocycles. The van der Waals surface area contributed by atoms with Crippen LogP contribution in [-0.4, -0.2) is 25.2 Å². The van der Waals surface area contributed by atoms with E-state index in [4.69, 9.17) is 0 Å². The first-order chi connectivity index (χ1) is 12.4. The summed E-state index contributed by atoms with van der Waals surface area (Å²) in [6.45, 7) is 0. The number of primary sulfonamides is 1. The number of nitrogens with two attached hydrogens (primary N) is 1. The fourth-order valence-corrected chi connectivity index (χ4v) is 3.22. The fourth-order valence-electron chi connectivity index (χ4n) is 2.69. The summed E-state index contributed by atoms with van der Waals surface area (Å²) < 4.78 is 20.8. The SMILES string of the molecule is C1=CC(c2ccccc2)c2ccccc21.NS(=O)(=O)C1=NNC(=O)C1=O. The van der Waals surface area contributed by atoms with Crippen molar-refractivity contribution < 1.29 is 18.0 Å². The van der Waals surface area contributed by atoms with Gasteiger partial charge in [0.05, 0.1) is 0 Å². The molecule has 0 fully saturated rings. The van der Waals surface area contributed by atoms with Crippen molar-refractivity contribution in [2.24, 2.45) is 10.2 Å². The Hall–Kier alpha value is -3.10. The van der Waals surface area contributed by atoms with Crippen LogP contribution in [0.2, 0.25) is 0 Å². The molecule has 1 unspecified atom stereocenters. The van der Waals surface area contributed by atoms with E-state index in [1.54, 1.807) is 5.43 Å². The molecule has 26 heavy (non-hydrogen) atoms. The van der Waals surface area contributed by atoms with E-state index in [1.807, 2.05) is 0 Å². The lowest BCUT2D eigenvalue weighted by Gasteiger charge is -2.10. The van der Waals surface area contributed by atoms with Gasteiger partial charge < -0.3 is 0 Å². The number of amides is 1. The highest BCUT2D eigenvalue weighted by molar-refractivity contribution is 8.06. The van der Waals surface area contributed by atoms with Crippen LogP contribution in [0.4, 0.5) is 0 Å². The van der Waals surface area contributed by atoms with E-state index in [2.05, 4.69) is 77.0 Å². The van der Waals surface area contributed by atoms with Crippen LogP contribution >= 0.6 is 0 Å². The topological polar surface area (TPSA) is 119 Å². The van der Waals surface area contributed by atoms with Crippen molar-refractivity contribution in [2.45, 2.75) is 5.92 Å². The summed E-state index contributed by atoms with van der Waals surface area (Å²) in [6.07, 6.45) is 4.49. The smallest absolute Gasteiger partial charge is 0.280 e. The summed E-state index contributed by atoms with van der Waals surface area (Å²) in [5.41, 5.74) is 5.81. The molecule has 3 N–H and O–H groups in total. The van der Waals surface area contributed by atoms with Gasteiger partial charge in [0.15, 0.2) is 0 Å². The zero-order chi connectivity index (χ0) is 18.7. The number of carbonyl (C=O) groups is 2. The normalized spacial score (nSPS) is 17.9. The standard InChI is InChI=1S/C15H12.C3H3N3O4S/c1-2-6-12(7-3-1)15-11-10-13-8-4-5-9-14(13)15;4-11(9,10)3-1(7)2(8)5-6-3/h1-11,15H;(H2,4,9,10)(H,5,7,8). The first-order valence-electron chi connectivity index (χ1n) is 7.65. The highest BCUT2D eigenvalue weighted by atomic mass is 32.2. The lowest BCUT2D eigenvalue weighted by Crippen LogP contribution is -2.31. The zero-order valence-electron chi connectivity index (χ0n) is 13.5. The van der Waals surface area contributed by atoms with E-state index in [0.717, 1.165) is 0 Å². The van der Waals surface area contributed by atoms with E-state index >= 15 is 0 Å². The second kappa shape index (κ2) is 7.03. The molecule has 2 aromatic carbocycles. The Kier molecular flexibility index (Phi) is 4.79. The quantitative estimate of drug-likeness (QED) is 0.733. The number of fused-ring (bicyclic) bond motifs is 1. The molecule has 1 atom stereocenters. The molecule has 0 aromatic heterocycles. The van der Waals surface area contributed by atoms with Gasteiger partial charge in [-0.25, -0.2) is 19.0 Å². The van der Waals surface area contributed by atoms with Crippen LogP contribution in [0, 0.1) is 0 Å². The predicted molar refractivity (Wildman–Crippen MR) is 97.5 cm³/mol. The van der Waals surface area contributed by atoms with Crippen molar-refractivity contribution >= 4 is 32.8 Å². The Balaban J connectivity index is 0.000000160. The first kappa shape index (κ1) is 17.7. The first-order valence-corrected chi connectivity index (χ1v) is 9.20. The zero-order valence-corrected chi connectivity index (χ0v) is 14.3. The number of hydrogen-bond acceptors (Lipinski definition) is 5. The molecule has 1 amide bonds. The Morgan fingerprint density at radius 2 is 1.62 bits per heavy atom. The largest absolute Gasteiger partial charge is 0.315 e. The van der Waals surface area contributed by atoms with Crippen molar-refractivity contribution in [2.75, 3.05) is 0 Å². The monoisotopic (exact) mass is 369 g/mol. The number of nitrogens with zero attached hydrogens (tertiary/aromatic N) is 1. The molecule has 7 nitrogen and oxygen atoms in total. The van der Waals surface area contributed by atoms with Crippen molar-refractivity contribution in [3.63, 3.8) is 0 Å². The molecule has 0 bridgehead atoms. The van der Waals surface area contributed by atoms with Crippen LogP contribution in [0.15, 0.2) is 65.8 Å². The van der Waals surface area contributed by atoms with Gasteiger partial charge in [-0.15, -0.1) is 0 Å². The molecule has 1 aliphatic carbocycles. The molecule has 0 saturated heterocycles. The minimum absolute atomic E-state index is 0.447. The Morgan fingerprint density at radius 3 is 2.19 bits per heavy atom. The van der Waals surface area contributed by atoms with E-state index in [1.165, 1.54) is 16.7 Å². The molecule has 4 rings (SSSR count). The van der Waals surface area contributed by atoms with E-state index < -0.39 is 26.8 Å². The molecule has 0 radical (unpaired) electrons. The second-order valence-corrected chi connectivity index (χ2v) is 7.09. The molecule has 0 saturated carbocycles. The molecule has 1 heterocycles. The van der Waals surface area contributed by atoms with Crippen molar-refractivity contribution in [1.29, 1.82) is 0 Å². The number of ketones is 1. The number of allylic oxidation sites excluding steroid dienone is 1. The summed E-state index contributed by atoms with van der Waals surface area (Å²) >= 11 is 0. The lowest BCUT2D eigenvalue weighted by molar-refractivity contribution is -0.133. The van der Waals surface area contributed by atoms with Gasteiger partial charge in [-0.2, -0.15) is 5.10 Å². The summed E-state index contributed by atoms with van der Waals surface area (Å²) in [5.74, 6) is -1.87. The van der Waals surface area contributed by atoms with Gasteiger partial charge in [-0.3, -0.25) is 9.59 Å². The maximum absolute atomic E-state index is 10.5. The van der Waals surface area contributed by atoms with E-state index in [9.17, 15) is 18.0 Å². The van der Waals surface area contributed by atoms with Crippen molar-refractivity contribution in [3.05, 3.63) is 77.4 Å². The Bertz CT molecular complexity index is 1030.